The summed E-state index contributed by atoms with van der Waals surface area (Å²) in [6.07, 6.45) is -0.981. The molecule has 0 radical (unpaired) electrons. The number of hydrogen-bond acceptors (Lipinski definition) is 8. The molecular formula is C25H28N6O5. The average Bonchev–Trinajstić information content (AvgIpc) is 3.24. The SMILES string of the molecule is COc1ccc(/C(C)=N/Nc2nc3c(c(=O)[nH]c(=O)n3C)n2C[C@@H](O)COc2ccccc2C)cc1. The summed E-state index contributed by atoms with van der Waals surface area (Å²) < 4.78 is 13.7. The molecule has 36 heavy (non-hydrogen) atoms. The van der Waals surface area contributed by atoms with Gasteiger partial charge in [0, 0.05) is 7.05 Å². The Balaban J connectivity index is 1.64. The highest BCUT2D eigenvalue weighted by Gasteiger charge is 2.20. The van der Waals surface area contributed by atoms with Gasteiger partial charge in [-0.25, -0.2) is 10.2 Å². The number of para-hydroxylation sites is 1. The van der Waals surface area contributed by atoms with Gasteiger partial charge in [0.2, 0.25) is 5.95 Å². The van der Waals surface area contributed by atoms with Gasteiger partial charge >= 0.3 is 5.69 Å². The molecule has 0 unspecified atom stereocenters. The van der Waals surface area contributed by atoms with Gasteiger partial charge in [0.1, 0.15) is 24.2 Å². The molecular weight excluding hydrogens is 464 g/mol. The normalized spacial score (nSPS) is 12.5. The fourth-order valence-electron chi connectivity index (χ4n) is 3.70. The molecule has 0 saturated carbocycles. The summed E-state index contributed by atoms with van der Waals surface area (Å²) in [5.41, 5.74) is 4.41. The van der Waals surface area contributed by atoms with E-state index in [1.54, 1.807) is 7.11 Å². The van der Waals surface area contributed by atoms with E-state index in [0.29, 0.717) is 11.5 Å². The number of aromatic nitrogens is 4. The molecule has 11 nitrogen and oxygen atoms in total. The number of methoxy groups -OCH3 is 1. The number of aromatic amines is 1. The van der Waals surface area contributed by atoms with Crippen molar-refractivity contribution in [3.8, 4) is 11.5 Å². The number of rotatable bonds is 9. The first kappa shape index (κ1) is 24.7. The van der Waals surface area contributed by atoms with Crippen molar-refractivity contribution >= 4 is 22.8 Å². The van der Waals surface area contributed by atoms with Gasteiger partial charge in [0.05, 0.1) is 19.4 Å². The van der Waals surface area contributed by atoms with Gasteiger partial charge in [-0.05, 0) is 55.3 Å². The predicted molar refractivity (Wildman–Crippen MR) is 137 cm³/mol. The van der Waals surface area contributed by atoms with Crippen molar-refractivity contribution in [2.24, 2.45) is 12.1 Å². The summed E-state index contributed by atoms with van der Waals surface area (Å²) in [5.74, 6) is 1.58. The Morgan fingerprint density at radius 2 is 1.92 bits per heavy atom. The number of H-pyrrole nitrogens is 1. The summed E-state index contributed by atoms with van der Waals surface area (Å²) in [7, 11) is 3.10. The van der Waals surface area contributed by atoms with Gasteiger partial charge in [-0.15, -0.1) is 0 Å². The number of aliphatic hydroxyl groups is 1. The zero-order valence-corrected chi connectivity index (χ0v) is 20.5. The molecule has 11 heteroatoms. The number of anilines is 1. The third-order valence-corrected chi connectivity index (χ3v) is 5.76. The van der Waals surface area contributed by atoms with Crippen LogP contribution in [0.4, 0.5) is 5.95 Å². The third kappa shape index (κ3) is 5.15. The second-order valence-corrected chi connectivity index (χ2v) is 8.30. The Hall–Kier alpha value is -4.38. The summed E-state index contributed by atoms with van der Waals surface area (Å²) >= 11 is 0. The summed E-state index contributed by atoms with van der Waals surface area (Å²) in [4.78, 5) is 31.5. The molecule has 2 aromatic heterocycles. The van der Waals surface area contributed by atoms with Crippen molar-refractivity contribution < 1.29 is 14.6 Å². The maximum atomic E-state index is 12.7. The molecule has 0 amide bonds. The fraction of sp³-hybridized carbons (Fsp3) is 0.280. The molecule has 4 aromatic rings. The van der Waals surface area contributed by atoms with E-state index in [9.17, 15) is 14.7 Å². The Kier molecular flexibility index (Phi) is 7.20. The van der Waals surface area contributed by atoms with E-state index >= 15 is 0 Å². The number of imidazole rings is 1. The van der Waals surface area contributed by atoms with E-state index in [4.69, 9.17) is 9.47 Å². The number of ether oxygens (including phenoxy) is 2. The van der Waals surface area contributed by atoms with Crippen LogP contribution >= 0.6 is 0 Å². The van der Waals surface area contributed by atoms with Gasteiger partial charge in [0.25, 0.3) is 5.56 Å². The van der Waals surface area contributed by atoms with E-state index in [1.807, 2.05) is 62.4 Å². The highest BCUT2D eigenvalue weighted by molar-refractivity contribution is 5.99. The second-order valence-electron chi connectivity index (χ2n) is 8.30. The monoisotopic (exact) mass is 492 g/mol. The van der Waals surface area contributed by atoms with E-state index in [2.05, 4.69) is 20.5 Å². The van der Waals surface area contributed by atoms with Crippen molar-refractivity contribution in [3.63, 3.8) is 0 Å². The van der Waals surface area contributed by atoms with Gasteiger partial charge in [-0.2, -0.15) is 10.1 Å². The van der Waals surface area contributed by atoms with E-state index in [0.717, 1.165) is 16.9 Å². The molecule has 3 N–H and O–H groups in total. The van der Waals surface area contributed by atoms with Crippen molar-refractivity contribution in [2.75, 3.05) is 19.1 Å². The number of nitrogens with zero attached hydrogens (tertiary/aromatic N) is 4. The second kappa shape index (κ2) is 10.5. The van der Waals surface area contributed by atoms with Crippen LogP contribution in [0.25, 0.3) is 11.2 Å². The topological polar surface area (TPSA) is 136 Å². The lowest BCUT2D eigenvalue weighted by molar-refractivity contribution is 0.0935. The van der Waals surface area contributed by atoms with Crippen LogP contribution in [0.2, 0.25) is 0 Å². The third-order valence-electron chi connectivity index (χ3n) is 5.76. The van der Waals surface area contributed by atoms with Gasteiger partial charge in [-0.3, -0.25) is 14.3 Å². The molecule has 0 saturated heterocycles. The number of aryl methyl sites for hydroxylation is 2. The molecule has 0 aliphatic rings. The minimum absolute atomic E-state index is 0.0121. The predicted octanol–water partition coefficient (Wildman–Crippen LogP) is 2.02. The molecule has 1 atom stereocenters. The van der Waals surface area contributed by atoms with E-state index in [-0.39, 0.29) is 30.3 Å². The first-order valence-corrected chi connectivity index (χ1v) is 11.3. The maximum Gasteiger partial charge on any atom is 0.329 e. The molecule has 188 valence electrons. The first-order chi connectivity index (χ1) is 17.3. The van der Waals surface area contributed by atoms with Gasteiger partial charge < -0.3 is 19.1 Å². The van der Waals surface area contributed by atoms with Crippen LogP contribution in [-0.4, -0.2) is 49.7 Å². The zero-order chi connectivity index (χ0) is 25.8. The van der Waals surface area contributed by atoms with Crippen LogP contribution in [0, 0.1) is 6.92 Å². The number of hydrogen-bond donors (Lipinski definition) is 3. The first-order valence-electron chi connectivity index (χ1n) is 11.3. The highest BCUT2D eigenvalue weighted by atomic mass is 16.5. The lowest BCUT2D eigenvalue weighted by atomic mass is 10.1. The van der Waals surface area contributed by atoms with Crippen LogP contribution in [0.5, 0.6) is 11.5 Å². The Labute approximate surface area is 206 Å². The molecule has 0 bridgehead atoms. The lowest BCUT2D eigenvalue weighted by Crippen LogP contribution is -2.30. The lowest BCUT2D eigenvalue weighted by Gasteiger charge is -2.16. The maximum absolute atomic E-state index is 12.7. The number of hydrazone groups is 1. The quantitative estimate of drug-likeness (QED) is 0.240. The Morgan fingerprint density at radius 3 is 2.61 bits per heavy atom. The van der Waals surface area contributed by atoms with Crippen LogP contribution in [0.1, 0.15) is 18.1 Å². The molecule has 0 spiro atoms. The van der Waals surface area contributed by atoms with Crippen molar-refractivity contribution in [3.05, 3.63) is 80.5 Å². The molecule has 0 fully saturated rings. The number of aliphatic hydroxyl groups excluding tert-OH is 1. The van der Waals surface area contributed by atoms with E-state index in [1.165, 1.54) is 16.2 Å². The largest absolute Gasteiger partial charge is 0.497 e. The zero-order valence-electron chi connectivity index (χ0n) is 20.5. The van der Waals surface area contributed by atoms with Crippen LogP contribution < -0.4 is 26.1 Å². The fourth-order valence-corrected chi connectivity index (χ4v) is 3.70. The van der Waals surface area contributed by atoms with Gasteiger partial charge in [0.15, 0.2) is 11.2 Å². The molecule has 2 heterocycles. The Bertz CT molecular complexity index is 1520. The van der Waals surface area contributed by atoms with Crippen molar-refractivity contribution in [1.29, 1.82) is 0 Å². The molecule has 2 aromatic carbocycles. The molecule has 4 rings (SSSR count). The minimum Gasteiger partial charge on any atom is -0.497 e. The number of fused-ring (bicyclic) bond motifs is 1. The van der Waals surface area contributed by atoms with Crippen LogP contribution in [-0.2, 0) is 13.6 Å². The number of benzene rings is 2. The molecule has 0 aliphatic carbocycles. The number of nitrogens with one attached hydrogen (secondary N) is 2. The van der Waals surface area contributed by atoms with Crippen molar-refractivity contribution in [2.45, 2.75) is 26.5 Å². The van der Waals surface area contributed by atoms with E-state index < -0.39 is 17.4 Å². The molecule has 0 aliphatic heterocycles. The highest BCUT2D eigenvalue weighted by Crippen LogP contribution is 2.19. The van der Waals surface area contributed by atoms with Gasteiger partial charge in [-0.1, -0.05) is 18.2 Å². The standard InChI is InChI=1S/C25H28N6O5/c1-15-7-5-6-8-20(15)36-14-18(32)13-31-21-22(30(3)25(34)27-23(21)33)26-24(31)29-28-16(2)17-9-11-19(35-4)12-10-17/h5-12,18,32H,13-14H2,1-4H3,(H,26,29)(H,27,33,34)/b28-16+/t18-/m1/s1. The summed E-state index contributed by atoms with van der Waals surface area (Å²) in [5, 5.41) is 15.1. The smallest absolute Gasteiger partial charge is 0.329 e. The van der Waals surface area contributed by atoms with Crippen LogP contribution in [0.3, 0.4) is 0 Å². The Morgan fingerprint density at radius 1 is 1.19 bits per heavy atom. The van der Waals surface area contributed by atoms with Crippen molar-refractivity contribution in [1.82, 2.24) is 19.1 Å². The minimum atomic E-state index is -0.981. The summed E-state index contributed by atoms with van der Waals surface area (Å²) in [6, 6.07) is 14.9. The average molecular weight is 493 g/mol. The van der Waals surface area contributed by atoms with Crippen LogP contribution in [0.15, 0.2) is 63.2 Å². The summed E-state index contributed by atoms with van der Waals surface area (Å²) in [6.45, 7) is 3.69.